The third-order valence-electron chi connectivity index (χ3n) is 10.9. The van der Waals surface area contributed by atoms with Gasteiger partial charge in [-0.1, -0.05) is 115 Å². The average molecular weight is 724 g/mol. The number of nitrogens with zero attached hydrogens (tertiary/aromatic N) is 2. The number of rotatable bonds is 4. The van der Waals surface area contributed by atoms with Gasteiger partial charge in [0, 0.05) is 52.8 Å². The first-order valence-electron chi connectivity index (χ1n) is 18.4. The SMILES string of the molecule is c1ccc2cc(C3=NC(c4cccc5oc6ccc(-c7cccc8oc9ccccc9c78)cc6c45)=NC(c4ccc5c(c4)sc4ccccc45)N3)ccc2c1. The van der Waals surface area contributed by atoms with E-state index in [4.69, 9.17) is 18.8 Å². The Morgan fingerprint density at radius 1 is 0.473 bits per heavy atom. The zero-order valence-electron chi connectivity index (χ0n) is 29.3. The van der Waals surface area contributed by atoms with Crippen molar-refractivity contribution in [2.75, 3.05) is 0 Å². The first-order valence-corrected chi connectivity index (χ1v) is 19.2. The van der Waals surface area contributed by atoms with E-state index in [1.165, 1.54) is 25.6 Å². The Hall–Kier alpha value is -7.02. The summed E-state index contributed by atoms with van der Waals surface area (Å²) in [5.74, 6) is 1.44. The van der Waals surface area contributed by atoms with E-state index in [9.17, 15) is 0 Å². The summed E-state index contributed by atoms with van der Waals surface area (Å²) in [6.07, 6.45) is -0.362. The molecule has 0 saturated heterocycles. The molecule has 0 saturated carbocycles. The van der Waals surface area contributed by atoms with Crippen LogP contribution in [-0.2, 0) is 0 Å². The molecule has 1 atom stereocenters. The van der Waals surface area contributed by atoms with Crippen LogP contribution in [0.4, 0.5) is 0 Å². The highest BCUT2D eigenvalue weighted by atomic mass is 32.1. The first kappa shape index (κ1) is 30.4. The number of aliphatic imine (C=N–C) groups is 2. The molecule has 258 valence electrons. The Balaban J connectivity index is 1.06. The molecule has 12 rings (SSSR count). The van der Waals surface area contributed by atoms with Crippen molar-refractivity contribution in [1.82, 2.24) is 5.32 Å². The van der Waals surface area contributed by atoms with Gasteiger partial charge in [0.25, 0.3) is 0 Å². The van der Waals surface area contributed by atoms with Gasteiger partial charge in [-0.3, -0.25) is 0 Å². The third kappa shape index (κ3) is 4.78. The number of furan rings is 2. The van der Waals surface area contributed by atoms with E-state index in [2.05, 4.69) is 139 Å². The summed E-state index contributed by atoms with van der Waals surface area (Å²) in [5, 5.41) is 12.8. The lowest BCUT2D eigenvalue weighted by atomic mass is 9.97. The Bertz CT molecular complexity index is 3440. The molecule has 1 N–H and O–H groups in total. The van der Waals surface area contributed by atoms with E-state index >= 15 is 0 Å². The molecule has 0 aliphatic carbocycles. The second kappa shape index (κ2) is 11.7. The molecule has 1 unspecified atom stereocenters. The van der Waals surface area contributed by atoms with Crippen molar-refractivity contribution >= 4 is 97.8 Å². The van der Waals surface area contributed by atoms with Crippen molar-refractivity contribution in [3.8, 4) is 11.1 Å². The van der Waals surface area contributed by atoms with E-state index in [-0.39, 0.29) is 6.17 Å². The van der Waals surface area contributed by atoms with Crippen LogP contribution in [0.5, 0.6) is 0 Å². The number of fused-ring (bicyclic) bond motifs is 10. The van der Waals surface area contributed by atoms with Gasteiger partial charge in [-0.05, 0) is 76.0 Å². The van der Waals surface area contributed by atoms with Crippen molar-refractivity contribution in [2.45, 2.75) is 6.17 Å². The summed E-state index contributed by atoms with van der Waals surface area (Å²) < 4.78 is 15.3. The first-order chi connectivity index (χ1) is 27.2. The number of benzene rings is 8. The summed E-state index contributed by atoms with van der Waals surface area (Å²) >= 11 is 1.82. The van der Waals surface area contributed by atoms with Gasteiger partial charge in [-0.25, -0.2) is 9.98 Å². The fourth-order valence-electron chi connectivity index (χ4n) is 8.33. The van der Waals surface area contributed by atoms with Gasteiger partial charge < -0.3 is 14.2 Å². The number of hydrogen-bond donors (Lipinski definition) is 1. The predicted molar refractivity (Wildman–Crippen MR) is 229 cm³/mol. The topological polar surface area (TPSA) is 63.0 Å². The molecular weight excluding hydrogens is 695 g/mol. The smallest absolute Gasteiger partial charge is 0.160 e. The zero-order chi connectivity index (χ0) is 36.0. The lowest BCUT2D eigenvalue weighted by molar-refractivity contribution is 0.668. The van der Waals surface area contributed by atoms with E-state index in [0.717, 1.165) is 82.9 Å². The normalized spacial score (nSPS) is 14.7. The molecule has 11 aromatic rings. The van der Waals surface area contributed by atoms with Crippen LogP contribution < -0.4 is 5.32 Å². The number of nitrogens with one attached hydrogen (secondary N) is 1. The molecule has 3 aromatic heterocycles. The molecular formula is C49H29N3O2S. The molecule has 4 heterocycles. The second-order valence-corrected chi connectivity index (χ2v) is 15.2. The molecule has 5 nitrogen and oxygen atoms in total. The van der Waals surface area contributed by atoms with Crippen LogP contribution >= 0.6 is 11.3 Å². The maximum absolute atomic E-state index is 6.53. The maximum atomic E-state index is 6.53. The summed E-state index contributed by atoms with van der Waals surface area (Å²) in [6.45, 7) is 0. The average Bonchev–Trinajstić information content (AvgIpc) is 3.94. The van der Waals surface area contributed by atoms with Crippen LogP contribution in [0, 0.1) is 0 Å². The Morgan fingerprint density at radius 3 is 2.05 bits per heavy atom. The number of para-hydroxylation sites is 1. The van der Waals surface area contributed by atoms with Crippen molar-refractivity contribution < 1.29 is 8.83 Å². The van der Waals surface area contributed by atoms with Crippen molar-refractivity contribution in [3.63, 3.8) is 0 Å². The predicted octanol–water partition coefficient (Wildman–Crippen LogP) is 13.2. The molecule has 1 aliphatic rings. The van der Waals surface area contributed by atoms with Gasteiger partial charge in [-0.15, -0.1) is 11.3 Å². The Kier molecular flexibility index (Phi) is 6.50. The molecule has 1 aliphatic heterocycles. The summed E-state index contributed by atoms with van der Waals surface area (Å²) in [6, 6.07) is 57.4. The van der Waals surface area contributed by atoms with Crippen LogP contribution in [0.3, 0.4) is 0 Å². The summed E-state index contributed by atoms with van der Waals surface area (Å²) in [4.78, 5) is 10.7. The molecule has 0 radical (unpaired) electrons. The fraction of sp³-hybridized carbons (Fsp3) is 0.0204. The quantitative estimate of drug-likeness (QED) is 0.197. The molecule has 6 heteroatoms. The molecule has 55 heavy (non-hydrogen) atoms. The highest BCUT2D eigenvalue weighted by Crippen LogP contribution is 2.41. The van der Waals surface area contributed by atoms with Crippen LogP contribution in [-0.4, -0.2) is 11.7 Å². The van der Waals surface area contributed by atoms with Gasteiger partial charge in [0.2, 0.25) is 0 Å². The lowest BCUT2D eigenvalue weighted by Gasteiger charge is -2.24. The summed E-state index contributed by atoms with van der Waals surface area (Å²) in [5.41, 5.74) is 8.57. The maximum Gasteiger partial charge on any atom is 0.160 e. The van der Waals surface area contributed by atoms with Gasteiger partial charge >= 0.3 is 0 Å². The summed E-state index contributed by atoms with van der Waals surface area (Å²) in [7, 11) is 0. The standard InChI is InChI=1S/C49H29N3O2S/c1-2-10-29-25-31(20-19-28(29)9-1)47-50-48(32-21-23-35-34-11-4-6-18-43(34)55-44(35)27-32)52-49(51-47)37-14-8-17-42-46(37)38-26-30(22-24-40(38)54-42)33-13-7-16-41-45(33)36-12-3-5-15-39(36)53-41/h1-27,48H,(H,50,51,52). The monoisotopic (exact) mass is 723 g/mol. The van der Waals surface area contributed by atoms with Gasteiger partial charge in [0.05, 0.1) is 0 Å². The Morgan fingerprint density at radius 2 is 1.16 bits per heavy atom. The number of hydrogen-bond acceptors (Lipinski definition) is 6. The van der Waals surface area contributed by atoms with E-state index in [1.807, 2.05) is 41.7 Å². The molecule has 0 fully saturated rings. The van der Waals surface area contributed by atoms with E-state index in [0.29, 0.717) is 5.84 Å². The van der Waals surface area contributed by atoms with Crippen LogP contribution in [0.1, 0.15) is 22.9 Å². The number of amidine groups is 2. The molecule has 0 bridgehead atoms. The Labute approximate surface area is 318 Å². The third-order valence-corrected chi connectivity index (χ3v) is 12.1. The van der Waals surface area contributed by atoms with Gasteiger partial charge in [0.1, 0.15) is 34.3 Å². The van der Waals surface area contributed by atoms with Crippen molar-refractivity contribution in [3.05, 3.63) is 180 Å². The molecule has 0 spiro atoms. The van der Waals surface area contributed by atoms with Gasteiger partial charge in [0.15, 0.2) is 5.84 Å². The van der Waals surface area contributed by atoms with Crippen LogP contribution in [0.25, 0.3) is 85.9 Å². The van der Waals surface area contributed by atoms with E-state index < -0.39 is 0 Å². The van der Waals surface area contributed by atoms with Crippen LogP contribution in [0.15, 0.2) is 183 Å². The minimum Gasteiger partial charge on any atom is -0.456 e. The van der Waals surface area contributed by atoms with Crippen molar-refractivity contribution in [1.29, 1.82) is 0 Å². The number of thiophene rings is 1. The largest absolute Gasteiger partial charge is 0.456 e. The minimum atomic E-state index is -0.362. The second-order valence-electron chi connectivity index (χ2n) is 14.1. The van der Waals surface area contributed by atoms with Crippen LogP contribution in [0.2, 0.25) is 0 Å². The highest BCUT2D eigenvalue weighted by molar-refractivity contribution is 7.25. The lowest BCUT2D eigenvalue weighted by Crippen LogP contribution is -2.33. The van der Waals surface area contributed by atoms with Crippen molar-refractivity contribution in [2.24, 2.45) is 9.98 Å². The van der Waals surface area contributed by atoms with Gasteiger partial charge in [-0.2, -0.15) is 0 Å². The molecule has 0 amide bonds. The van der Waals surface area contributed by atoms with E-state index in [1.54, 1.807) is 0 Å². The zero-order valence-corrected chi connectivity index (χ0v) is 30.1. The minimum absolute atomic E-state index is 0.362. The highest BCUT2D eigenvalue weighted by Gasteiger charge is 2.25. The fourth-order valence-corrected chi connectivity index (χ4v) is 9.49. The molecule has 8 aromatic carbocycles.